The number of primary amides is 1. The lowest BCUT2D eigenvalue weighted by molar-refractivity contribution is 0.0997. The van der Waals surface area contributed by atoms with Gasteiger partial charge in [-0.3, -0.25) is 4.79 Å². The number of carbonyl (C=O) groups is 1. The number of halogens is 1. The molecule has 8 heteroatoms. The number of hydrogen-bond acceptors (Lipinski definition) is 4. The lowest BCUT2D eigenvalue weighted by atomic mass is 10.0. The Morgan fingerprint density at radius 2 is 2.00 bits per heavy atom. The Kier molecular flexibility index (Phi) is 4.53. The van der Waals surface area contributed by atoms with E-state index in [2.05, 4.69) is 9.51 Å². The van der Waals surface area contributed by atoms with Crippen molar-refractivity contribution in [1.82, 2.24) is 4.98 Å². The molecule has 1 amide bonds. The molecule has 3 aromatic rings. The first-order valence-corrected chi connectivity index (χ1v) is 8.38. The Labute approximate surface area is 143 Å². The second-order valence-electron chi connectivity index (χ2n) is 4.92. The van der Waals surface area contributed by atoms with Gasteiger partial charge in [-0.1, -0.05) is 29.8 Å². The number of benzene rings is 2. The van der Waals surface area contributed by atoms with Gasteiger partial charge >= 0.3 is 8.25 Å². The number of nitrogens with two attached hydrogens (primary N) is 1. The quantitative estimate of drug-likeness (QED) is 0.662. The molecule has 6 nitrogen and oxygen atoms in total. The zero-order valence-corrected chi connectivity index (χ0v) is 14.2. The zero-order chi connectivity index (χ0) is 17.3. The number of aromatic amines is 1. The summed E-state index contributed by atoms with van der Waals surface area (Å²) in [6.07, 6.45) is 0. The summed E-state index contributed by atoms with van der Waals surface area (Å²) in [6.45, 7) is 0. The first-order chi connectivity index (χ1) is 11.5. The van der Waals surface area contributed by atoms with Gasteiger partial charge in [0, 0.05) is 31.6 Å². The molecule has 1 atom stereocenters. The summed E-state index contributed by atoms with van der Waals surface area (Å²) in [5.74, 6) is -0.313. The highest BCUT2D eigenvalue weighted by atomic mass is 35.5. The Hall–Kier alpha value is -2.40. The maximum atomic E-state index is 11.9. The van der Waals surface area contributed by atoms with E-state index >= 15 is 0 Å². The van der Waals surface area contributed by atoms with Crippen molar-refractivity contribution in [2.45, 2.75) is 0 Å². The summed E-state index contributed by atoms with van der Waals surface area (Å²) >= 11 is 6.09. The second-order valence-corrected chi connectivity index (χ2v) is 6.35. The number of aromatic nitrogens is 1. The lowest BCUT2D eigenvalue weighted by Crippen LogP contribution is -2.12. The summed E-state index contributed by atoms with van der Waals surface area (Å²) < 4.78 is 21.6. The van der Waals surface area contributed by atoms with Crippen molar-refractivity contribution in [2.24, 2.45) is 5.73 Å². The fourth-order valence-corrected chi connectivity index (χ4v) is 3.07. The molecule has 1 aromatic heterocycles. The number of carbonyl (C=O) groups excluding carboxylic acids is 1. The minimum absolute atomic E-state index is 0.218. The SMILES string of the molecule is CO[P+](=O)Oc1ccccc1-c1c(C(N)=O)[nH]c2ccc(Cl)cc12. The number of nitrogens with one attached hydrogen (secondary N) is 1. The van der Waals surface area contributed by atoms with E-state index in [0.29, 0.717) is 32.8 Å². The summed E-state index contributed by atoms with van der Waals surface area (Å²) in [7, 11) is -1.04. The van der Waals surface area contributed by atoms with Crippen LogP contribution in [0.4, 0.5) is 0 Å². The van der Waals surface area contributed by atoms with Crippen LogP contribution in [0.25, 0.3) is 22.0 Å². The van der Waals surface area contributed by atoms with E-state index in [1.54, 1.807) is 42.5 Å². The van der Waals surface area contributed by atoms with Gasteiger partial charge in [-0.2, -0.15) is 0 Å². The van der Waals surface area contributed by atoms with Crippen LogP contribution in [0, 0.1) is 0 Å². The Morgan fingerprint density at radius 3 is 2.71 bits per heavy atom. The van der Waals surface area contributed by atoms with E-state index in [0.717, 1.165) is 0 Å². The Morgan fingerprint density at radius 1 is 1.25 bits per heavy atom. The summed E-state index contributed by atoms with van der Waals surface area (Å²) in [6, 6.07) is 12.1. The van der Waals surface area contributed by atoms with Crippen LogP contribution in [0.1, 0.15) is 10.5 Å². The Balaban J connectivity index is 2.29. The number of amides is 1. The minimum Gasteiger partial charge on any atom is -0.364 e. The van der Waals surface area contributed by atoms with Crippen LogP contribution in [0.3, 0.4) is 0 Å². The van der Waals surface area contributed by atoms with Gasteiger partial charge in [0.15, 0.2) is 5.75 Å². The monoisotopic (exact) mass is 363 g/mol. The van der Waals surface area contributed by atoms with Crippen LogP contribution < -0.4 is 10.3 Å². The molecular formula is C16H13ClN2O4P+. The van der Waals surface area contributed by atoms with Crippen molar-refractivity contribution in [3.05, 3.63) is 53.2 Å². The average molecular weight is 364 g/mol. The fourth-order valence-electron chi connectivity index (χ4n) is 2.50. The molecule has 2 aromatic carbocycles. The highest BCUT2D eigenvalue weighted by molar-refractivity contribution is 7.33. The van der Waals surface area contributed by atoms with E-state index < -0.39 is 14.2 Å². The predicted octanol–water partition coefficient (Wildman–Crippen LogP) is 4.27. The molecule has 0 fully saturated rings. The number of fused-ring (bicyclic) bond motifs is 1. The van der Waals surface area contributed by atoms with Crippen molar-refractivity contribution < 1.29 is 18.4 Å². The van der Waals surface area contributed by atoms with Crippen molar-refractivity contribution in [2.75, 3.05) is 7.11 Å². The van der Waals surface area contributed by atoms with Crippen LogP contribution in [0.2, 0.25) is 5.02 Å². The average Bonchev–Trinajstić information content (AvgIpc) is 2.94. The molecule has 1 heterocycles. The van der Waals surface area contributed by atoms with Crippen molar-refractivity contribution in [3.8, 4) is 16.9 Å². The van der Waals surface area contributed by atoms with Gasteiger partial charge in [0.1, 0.15) is 5.69 Å². The number of para-hydroxylation sites is 1. The normalized spacial score (nSPS) is 11.5. The molecule has 0 spiro atoms. The smallest absolute Gasteiger partial charge is 0.364 e. The van der Waals surface area contributed by atoms with Gasteiger partial charge in [0.2, 0.25) is 0 Å². The van der Waals surface area contributed by atoms with Gasteiger partial charge in [-0.15, -0.1) is 4.52 Å². The molecule has 0 saturated heterocycles. The zero-order valence-electron chi connectivity index (χ0n) is 12.6. The van der Waals surface area contributed by atoms with E-state index in [-0.39, 0.29) is 5.69 Å². The maximum Gasteiger partial charge on any atom is 0.749 e. The molecular weight excluding hydrogens is 351 g/mol. The maximum absolute atomic E-state index is 11.9. The van der Waals surface area contributed by atoms with E-state index in [1.807, 2.05) is 0 Å². The molecule has 3 N–H and O–H groups in total. The first-order valence-electron chi connectivity index (χ1n) is 6.91. The predicted molar refractivity (Wildman–Crippen MR) is 92.5 cm³/mol. The first kappa shape index (κ1) is 16.5. The van der Waals surface area contributed by atoms with E-state index in [1.165, 1.54) is 7.11 Å². The van der Waals surface area contributed by atoms with Crippen molar-refractivity contribution in [3.63, 3.8) is 0 Å². The van der Waals surface area contributed by atoms with E-state index in [9.17, 15) is 9.36 Å². The molecule has 3 rings (SSSR count). The second kappa shape index (κ2) is 6.61. The topological polar surface area (TPSA) is 94.4 Å². The third-order valence-corrected chi connectivity index (χ3v) is 4.36. The van der Waals surface area contributed by atoms with Gasteiger partial charge in [-0.05, 0) is 24.3 Å². The highest BCUT2D eigenvalue weighted by Crippen LogP contribution is 2.41. The van der Waals surface area contributed by atoms with Gasteiger partial charge < -0.3 is 10.7 Å². The standard InChI is InChI=1S/C16H12ClN2O4P/c1-22-24(21)23-13-5-3-2-4-10(13)14-11-8-9(17)6-7-12(11)19-15(14)16(18)20/h2-8H,1H3,(H2-,18,19,20)/p+1. The largest absolute Gasteiger partial charge is 0.749 e. The van der Waals surface area contributed by atoms with Crippen LogP contribution in [-0.4, -0.2) is 18.0 Å². The molecule has 0 aliphatic carbocycles. The summed E-state index contributed by atoms with van der Waals surface area (Å²) in [5.41, 5.74) is 7.52. The number of hydrogen-bond donors (Lipinski definition) is 2. The van der Waals surface area contributed by atoms with Gasteiger partial charge in [0.05, 0.1) is 7.11 Å². The third kappa shape index (κ3) is 2.99. The minimum atomic E-state index is -2.32. The lowest BCUT2D eigenvalue weighted by Gasteiger charge is -2.05. The van der Waals surface area contributed by atoms with Crippen molar-refractivity contribution in [1.29, 1.82) is 0 Å². The highest BCUT2D eigenvalue weighted by Gasteiger charge is 2.25. The van der Waals surface area contributed by atoms with E-state index in [4.69, 9.17) is 21.9 Å². The molecule has 0 aliphatic rings. The molecule has 0 radical (unpaired) electrons. The third-order valence-electron chi connectivity index (χ3n) is 3.49. The van der Waals surface area contributed by atoms with Crippen LogP contribution >= 0.6 is 19.9 Å². The number of H-pyrrole nitrogens is 1. The van der Waals surface area contributed by atoms with Crippen LogP contribution in [0.5, 0.6) is 5.75 Å². The Bertz CT molecular complexity index is 954. The molecule has 122 valence electrons. The van der Waals surface area contributed by atoms with Gasteiger partial charge in [0.25, 0.3) is 5.91 Å². The molecule has 0 bridgehead atoms. The number of rotatable bonds is 5. The van der Waals surface area contributed by atoms with Gasteiger partial charge in [-0.25, -0.2) is 4.52 Å². The van der Waals surface area contributed by atoms with Crippen molar-refractivity contribution >= 4 is 36.7 Å². The van der Waals surface area contributed by atoms with Crippen LogP contribution in [-0.2, 0) is 9.09 Å². The van der Waals surface area contributed by atoms with Crippen LogP contribution in [0.15, 0.2) is 42.5 Å². The molecule has 0 saturated carbocycles. The summed E-state index contributed by atoms with van der Waals surface area (Å²) in [4.78, 5) is 14.9. The molecule has 0 aliphatic heterocycles. The fraction of sp³-hybridized carbons (Fsp3) is 0.0625. The molecule has 24 heavy (non-hydrogen) atoms. The molecule has 1 unspecified atom stereocenters. The summed E-state index contributed by atoms with van der Waals surface area (Å²) in [5, 5.41) is 1.22.